The summed E-state index contributed by atoms with van der Waals surface area (Å²) in [5.74, 6) is 0.504. The highest BCUT2D eigenvalue weighted by atomic mass is 19.1. The number of carbonyl (C=O) groups is 1. The quantitative estimate of drug-likeness (QED) is 0.720. The van der Waals surface area contributed by atoms with Crippen LogP contribution in [-0.2, 0) is 4.79 Å². The van der Waals surface area contributed by atoms with Crippen molar-refractivity contribution in [2.24, 2.45) is 5.92 Å². The Morgan fingerprint density at radius 3 is 2.65 bits per heavy atom. The molecule has 0 radical (unpaired) electrons. The maximum atomic E-state index is 13.9. The lowest BCUT2D eigenvalue weighted by atomic mass is 10.1. The van der Waals surface area contributed by atoms with Crippen LogP contribution in [0, 0.1) is 11.7 Å². The van der Waals surface area contributed by atoms with E-state index in [4.69, 9.17) is 0 Å². The van der Waals surface area contributed by atoms with Crippen LogP contribution >= 0.6 is 0 Å². The molecule has 0 aliphatic heterocycles. The molecular weight excluding hydrogens is 331 g/mol. The molecule has 0 spiro atoms. The Kier molecular flexibility index (Phi) is 4.24. The Morgan fingerprint density at radius 1 is 1.15 bits per heavy atom. The first-order chi connectivity index (χ1) is 12.6. The number of anilines is 2. The molecule has 4 rings (SSSR count). The summed E-state index contributed by atoms with van der Waals surface area (Å²) < 4.78 is 13.9. The van der Waals surface area contributed by atoms with Crippen LogP contribution in [0.2, 0.25) is 0 Å². The largest absolute Gasteiger partial charge is 0.363 e. The van der Waals surface area contributed by atoms with Crippen molar-refractivity contribution in [1.82, 2.24) is 9.97 Å². The van der Waals surface area contributed by atoms with Crippen LogP contribution in [0.25, 0.3) is 10.9 Å². The molecule has 2 N–H and O–H groups in total. The van der Waals surface area contributed by atoms with E-state index in [1.54, 1.807) is 12.1 Å². The molecule has 1 atom stereocenters. The Balaban J connectivity index is 1.50. The molecule has 1 aliphatic carbocycles. The number of hydrogen-bond donors (Lipinski definition) is 2. The number of para-hydroxylation sites is 1. The maximum absolute atomic E-state index is 13.9. The highest BCUT2D eigenvalue weighted by Crippen LogP contribution is 2.30. The van der Waals surface area contributed by atoms with E-state index in [9.17, 15) is 9.18 Å². The number of benzene rings is 2. The number of rotatable bonds is 5. The minimum Gasteiger partial charge on any atom is -0.363 e. The van der Waals surface area contributed by atoms with Gasteiger partial charge in [0.15, 0.2) is 0 Å². The fraction of sp³-hybridized carbons (Fsp3) is 0.250. The third-order valence-corrected chi connectivity index (χ3v) is 4.60. The van der Waals surface area contributed by atoms with Gasteiger partial charge in [-0.1, -0.05) is 18.2 Å². The lowest BCUT2D eigenvalue weighted by Gasteiger charge is -2.17. The average molecular weight is 350 g/mol. The van der Waals surface area contributed by atoms with Crippen LogP contribution in [0.5, 0.6) is 0 Å². The van der Waals surface area contributed by atoms with E-state index in [0.717, 1.165) is 24.1 Å². The van der Waals surface area contributed by atoms with Crippen molar-refractivity contribution in [2.75, 3.05) is 10.6 Å². The van der Waals surface area contributed by atoms with Gasteiger partial charge >= 0.3 is 0 Å². The summed E-state index contributed by atoms with van der Waals surface area (Å²) in [5, 5.41) is 6.89. The van der Waals surface area contributed by atoms with Gasteiger partial charge in [0.05, 0.1) is 0 Å². The Bertz CT molecular complexity index is 954. The second-order valence-electron chi connectivity index (χ2n) is 6.61. The van der Waals surface area contributed by atoms with E-state index in [1.807, 2.05) is 31.2 Å². The predicted octanol–water partition coefficient (Wildman–Crippen LogP) is 4.29. The average Bonchev–Trinajstić information content (AvgIpc) is 3.48. The fourth-order valence-electron chi connectivity index (χ4n) is 2.90. The third-order valence-electron chi connectivity index (χ3n) is 4.60. The van der Waals surface area contributed by atoms with Gasteiger partial charge in [-0.25, -0.2) is 14.4 Å². The number of aromatic nitrogens is 2. The molecule has 1 aromatic heterocycles. The molecule has 132 valence electrons. The molecule has 0 saturated heterocycles. The number of hydrogen-bond acceptors (Lipinski definition) is 4. The van der Waals surface area contributed by atoms with E-state index in [2.05, 4.69) is 20.6 Å². The highest BCUT2D eigenvalue weighted by Gasteiger charge is 2.29. The van der Waals surface area contributed by atoms with Gasteiger partial charge in [-0.05, 0) is 49.6 Å². The summed E-state index contributed by atoms with van der Waals surface area (Å²) in [7, 11) is 0. The Morgan fingerprint density at radius 2 is 1.92 bits per heavy atom. The summed E-state index contributed by atoms with van der Waals surface area (Å²) >= 11 is 0. The first-order valence-electron chi connectivity index (χ1n) is 8.68. The first-order valence-corrected chi connectivity index (χ1v) is 8.68. The summed E-state index contributed by atoms with van der Waals surface area (Å²) in [6.07, 6.45) is 3.33. The molecule has 26 heavy (non-hydrogen) atoms. The van der Waals surface area contributed by atoms with Gasteiger partial charge in [-0.2, -0.15) is 0 Å². The molecule has 1 amide bonds. The molecular formula is C20H19FN4O. The maximum Gasteiger partial charge on any atom is 0.227 e. The van der Waals surface area contributed by atoms with Crippen molar-refractivity contribution in [2.45, 2.75) is 25.8 Å². The lowest BCUT2D eigenvalue weighted by Crippen LogP contribution is -2.13. The minimum absolute atomic E-state index is 0.0375. The normalized spacial score (nSPS) is 14.8. The fourth-order valence-corrected chi connectivity index (χ4v) is 2.90. The summed E-state index contributed by atoms with van der Waals surface area (Å²) in [5.41, 5.74) is 2.14. The number of nitrogens with one attached hydrogen (secondary N) is 2. The number of nitrogens with zero attached hydrogens (tertiary/aromatic N) is 2. The first kappa shape index (κ1) is 16.4. The van der Waals surface area contributed by atoms with Crippen LogP contribution in [0.15, 0.2) is 48.8 Å². The zero-order valence-corrected chi connectivity index (χ0v) is 14.4. The van der Waals surface area contributed by atoms with Crippen LogP contribution < -0.4 is 10.6 Å². The van der Waals surface area contributed by atoms with Crippen LogP contribution in [-0.4, -0.2) is 15.9 Å². The smallest absolute Gasteiger partial charge is 0.227 e. The SMILES string of the molecule is C[C@H](Nc1ncnc2c(F)cccc12)c1ccc(NC(=O)C2CC2)cc1. The third kappa shape index (κ3) is 3.35. The number of carbonyl (C=O) groups excluding carboxylic acids is 1. The number of fused-ring (bicyclic) bond motifs is 1. The van der Waals surface area contributed by atoms with Gasteiger partial charge in [0, 0.05) is 23.0 Å². The van der Waals surface area contributed by atoms with E-state index in [1.165, 1.54) is 12.4 Å². The zero-order chi connectivity index (χ0) is 18.1. The zero-order valence-electron chi connectivity index (χ0n) is 14.4. The van der Waals surface area contributed by atoms with Crippen LogP contribution in [0.4, 0.5) is 15.9 Å². The van der Waals surface area contributed by atoms with Crippen molar-refractivity contribution >= 4 is 28.3 Å². The van der Waals surface area contributed by atoms with Gasteiger partial charge in [-0.3, -0.25) is 4.79 Å². The summed E-state index contributed by atoms with van der Waals surface area (Å²) in [6, 6.07) is 12.5. The van der Waals surface area contributed by atoms with E-state index < -0.39 is 0 Å². The molecule has 5 nitrogen and oxygen atoms in total. The van der Waals surface area contributed by atoms with Crippen LogP contribution in [0.1, 0.15) is 31.4 Å². The second-order valence-corrected chi connectivity index (χ2v) is 6.61. The van der Waals surface area contributed by atoms with Gasteiger partial charge in [0.1, 0.15) is 23.5 Å². The standard InChI is InChI=1S/C20H19FN4O/c1-12(13-7-9-15(10-8-13)25-20(26)14-5-6-14)24-19-16-3-2-4-17(21)18(16)22-11-23-19/h2-4,7-12,14H,5-6H2,1H3,(H,25,26)(H,22,23,24)/t12-/m0/s1. The van der Waals surface area contributed by atoms with Gasteiger partial charge in [0.25, 0.3) is 0 Å². The second kappa shape index (κ2) is 6.71. The molecule has 6 heteroatoms. The van der Waals surface area contributed by atoms with Gasteiger partial charge in [0.2, 0.25) is 5.91 Å². The lowest BCUT2D eigenvalue weighted by molar-refractivity contribution is -0.117. The predicted molar refractivity (Wildman–Crippen MR) is 99.3 cm³/mol. The highest BCUT2D eigenvalue weighted by molar-refractivity contribution is 5.94. The summed E-state index contributed by atoms with van der Waals surface area (Å²) in [4.78, 5) is 20.1. The molecule has 1 heterocycles. The molecule has 1 fully saturated rings. The minimum atomic E-state index is -0.364. The molecule has 0 unspecified atom stereocenters. The number of halogens is 1. The Hall–Kier alpha value is -3.02. The summed E-state index contributed by atoms with van der Waals surface area (Å²) in [6.45, 7) is 2.00. The topological polar surface area (TPSA) is 66.9 Å². The van der Waals surface area contributed by atoms with Gasteiger partial charge in [-0.15, -0.1) is 0 Å². The van der Waals surface area contributed by atoms with E-state index in [-0.39, 0.29) is 23.7 Å². The molecule has 1 saturated carbocycles. The van der Waals surface area contributed by atoms with E-state index >= 15 is 0 Å². The number of amides is 1. The monoisotopic (exact) mass is 350 g/mol. The van der Waals surface area contributed by atoms with E-state index in [0.29, 0.717) is 16.7 Å². The molecule has 0 bridgehead atoms. The van der Waals surface area contributed by atoms with Crippen molar-refractivity contribution in [3.05, 3.63) is 60.2 Å². The molecule has 1 aliphatic rings. The Labute approximate surface area is 150 Å². The molecule has 3 aromatic rings. The molecule has 2 aromatic carbocycles. The van der Waals surface area contributed by atoms with Gasteiger partial charge < -0.3 is 10.6 Å². The van der Waals surface area contributed by atoms with Crippen molar-refractivity contribution < 1.29 is 9.18 Å². The van der Waals surface area contributed by atoms with Crippen molar-refractivity contribution in [3.63, 3.8) is 0 Å². The van der Waals surface area contributed by atoms with Crippen molar-refractivity contribution in [1.29, 1.82) is 0 Å². The van der Waals surface area contributed by atoms with Crippen molar-refractivity contribution in [3.8, 4) is 0 Å². The van der Waals surface area contributed by atoms with Crippen LogP contribution in [0.3, 0.4) is 0 Å².